The number of furan rings is 1. The van der Waals surface area contributed by atoms with Crippen molar-refractivity contribution in [1.29, 1.82) is 0 Å². The summed E-state index contributed by atoms with van der Waals surface area (Å²) < 4.78 is 11.5. The zero-order valence-corrected chi connectivity index (χ0v) is 14.3. The average molecular weight is 347 g/mol. The highest BCUT2D eigenvalue weighted by Crippen LogP contribution is 2.13. The topological polar surface area (TPSA) is 102 Å². The Balaban J connectivity index is 1.46. The van der Waals surface area contributed by atoms with Gasteiger partial charge < -0.3 is 14.5 Å². The minimum Gasteiger partial charge on any atom is -0.463 e. The molecule has 0 radical (unpaired) electrons. The van der Waals surface area contributed by atoms with E-state index >= 15 is 0 Å². The van der Waals surface area contributed by atoms with Gasteiger partial charge >= 0.3 is 5.97 Å². The minimum absolute atomic E-state index is 0.0541. The van der Waals surface area contributed by atoms with E-state index < -0.39 is 5.97 Å². The van der Waals surface area contributed by atoms with Gasteiger partial charge in [0.1, 0.15) is 12.1 Å². The standard InChI is InChI=1S/C16H21N5O4/c1-11-3-4-13(25-11)15(22)18-12-5-7-20(8-6-12)10-21-9-17-14(19-21)16(23)24-2/h3-4,9,12H,5-8,10H2,1-2H3,(H,18,22). The molecule has 2 aromatic rings. The summed E-state index contributed by atoms with van der Waals surface area (Å²) in [7, 11) is 1.30. The summed E-state index contributed by atoms with van der Waals surface area (Å²) in [5, 5.41) is 7.10. The van der Waals surface area contributed by atoms with Crippen molar-refractivity contribution >= 4 is 11.9 Å². The maximum Gasteiger partial charge on any atom is 0.377 e. The summed E-state index contributed by atoms with van der Waals surface area (Å²) in [4.78, 5) is 29.6. The number of nitrogens with zero attached hydrogens (tertiary/aromatic N) is 4. The number of hydrogen-bond acceptors (Lipinski definition) is 7. The summed E-state index contributed by atoms with van der Waals surface area (Å²) >= 11 is 0. The van der Waals surface area contributed by atoms with Gasteiger partial charge in [-0.25, -0.2) is 14.5 Å². The molecular formula is C16H21N5O4. The van der Waals surface area contributed by atoms with Gasteiger partial charge in [0.25, 0.3) is 11.7 Å². The molecule has 25 heavy (non-hydrogen) atoms. The quantitative estimate of drug-likeness (QED) is 0.799. The molecule has 1 aliphatic rings. The van der Waals surface area contributed by atoms with Crippen molar-refractivity contribution in [2.24, 2.45) is 0 Å². The molecule has 1 amide bonds. The molecule has 134 valence electrons. The molecule has 1 N–H and O–H groups in total. The van der Waals surface area contributed by atoms with E-state index in [1.54, 1.807) is 16.8 Å². The van der Waals surface area contributed by atoms with E-state index in [0.29, 0.717) is 12.4 Å². The fourth-order valence-electron chi connectivity index (χ4n) is 2.78. The third kappa shape index (κ3) is 4.24. The van der Waals surface area contributed by atoms with E-state index in [1.807, 2.05) is 6.92 Å². The first-order chi connectivity index (χ1) is 12.0. The van der Waals surface area contributed by atoms with E-state index in [-0.39, 0.29) is 17.8 Å². The first-order valence-corrected chi connectivity index (χ1v) is 8.12. The second-order valence-electron chi connectivity index (χ2n) is 6.02. The Labute approximate surface area is 144 Å². The van der Waals surface area contributed by atoms with E-state index in [0.717, 1.165) is 31.7 Å². The van der Waals surface area contributed by atoms with Gasteiger partial charge in [0.2, 0.25) is 0 Å². The smallest absolute Gasteiger partial charge is 0.377 e. The van der Waals surface area contributed by atoms with E-state index in [9.17, 15) is 9.59 Å². The van der Waals surface area contributed by atoms with Crippen LogP contribution >= 0.6 is 0 Å². The Kier molecular flexibility index (Phi) is 5.13. The van der Waals surface area contributed by atoms with Crippen LogP contribution in [0, 0.1) is 6.92 Å². The van der Waals surface area contributed by atoms with Crippen molar-refractivity contribution < 1.29 is 18.7 Å². The van der Waals surface area contributed by atoms with Crippen molar-refractivity contribution in [2.75, 3.05) is 20.2 Å². The molecule has 1 saturated heterocycles. The van der Waals surface area contributed by atoms with Crippen LogP contribution in [0.3, 0.4) is 0 Å². The normalized spacial score (nSPS) is 15.9. The van der Waals surface area contributed by atoms with Crippen LogP contribution in [0.25, 0.3) is 0 Å². The number of aryl methyl sites for hydroxylation is 1. The largest absolute Gasteiger partial charge is 0.463 e. The maximum absolute atomic E-state index is 12.1. The van der Waals surface area contributed by atoms with Crippen LogP contribution in [0.1, 0.15) is 39.8 Å². The molecule has 0 aliphatic carbocycles. The molecular weight excluding hydrogens is 326 g/mol. The van der Waals surface area contributed by atoms with Gasteiger partial charge in [-0.2, -0.15) is 0 Å². The van der Waals surface area contributed by atoms with Gasteiger partial charge in [0, 0.05) is 19.1 Å². The summed E-state index contributed by atoms with van der Waals surface area (Å²) in [6.45, 7) is 3.98. The van der Waals surface area contributed by atoms with Gasteiger partial charge in [-0.1, -0.05) is 0 Å². The molecule has 9 nitrogen and oxygen atoms in total. The third-order valence-electron chi connectivity index (χ3n) is 4.14. The van der Waals surface area contributed by atoms with E-state index in [4.69, 9.17) is 4.42 Å². The van der Waals surface area contributed by atoms with Crippen LogP contribution in [0.15, 0.2) is 22.9 Å². The van der Waals surface area contributed by atoms with Gasteiger partial charge in [0.05, 0.1) is 13.8 Å². The molecule has 1 fully saturated rings. The van der Waals surface area contributed by atoms with E-state index in [2.05, 4.69) is 25.0 Å². The van der Waals surface area contributed by atoms with Crippen LogP contribution in [0.5, 0.6) is 0 Å². The van der Waals surface area contributed by atoms with Crippen LogP contribution in [0.2, 0.25) is 0 Å². The predicted octanol–water partition coefficient (Wildman–Crippen LogP) is 0.818. The fraction of sp³-hybridized carbons (Fsp3) is 0.500. The molecule has 0 unspecified atom stereocenters. The Bertz CT molecular complexity index is 745. The molecule has 9 heteroatoms. The van der Waals surface area contributed by atoms with Crippen molar-refractivity contribution in [3.8, 4) is 0 Å². The second-order valence-corrected chi connectivity index (χ2v) is 6.02. The first-order valence-electron chi connectivity index (χ1n) is 8.12. The lowest BCUT2D eigenvalue weighted by Gasteiger charge is -2.31. The molecule has 0 saturated carbocycles. The van der Waals surface area contributed by atoms with Gasteiger partial charge in [-0.15, -0.1) is 5.10 Å². The summed E-state index contributed by atoms with van der Waals surface area (Å²) in [5.41, 5.74) is 0. The van der Waals surface area contributed by atoms with Gasteiger partial charge in [-0.05, 0) is 31.9 Å². The van der Waals surface area contributed by atoms with Crippen LogP contribution in [-0.4, -0.2) is 57.8 Å². The number of likely N-dealkylation sites (tertiary alicyclic amines) is 1. The number of ether oxygens (including phenoxy) is 1. The lowest BCUT2D eigenvalue weighted by Crippen LogP contribution is -2.45. The second kappa shape index (κ2) is 7.47. The minimum atomic E-state index is -0.548. The molecule has 3 heterocycles. The van der Waals surface area contributed by atoms with Gasteiger partial charge in [0.15, 0.2) is 5.76 Å². The Morgan fingerprint density at radius 2 is 2.12 bits per heavy atom. The lowest BCUT2D eigenvalue weighted by atomic mass is 10.1. The maximum atomic E-state index is 12.1. The summed E-state index contributed by atoms with van der Waals surface area (Å²) in [6, 6.07) is 3.58. The van der Waals surface area contributed by atoms with Crippen molar-refractivity contribution in [3.63, 3.8) is 0 Å². The molecule has 0 spiro atoms. The number of rotatable bonds is 5. The Morgan fingerprint density at radius 3 is 2.76 bits per heavy atom. The molecule has 1 aliphatic heterocycles. The predicted molar refractivity (Wildman–Crippen MR) is 86.9 cm³/mol. The highest BCUT2D eigenvalue weighted by molar-refractivity contribution is 5.91. The van der Waals surface area contributed by atoms with Crippen LogP contribution < -0.4 is 5.32 Å². The van der Waals surface area contributed by atoms with Crippen LogP contribution in [-0.2, 0) is 11.4 Å². The number of piperidine rings is 1. The molecule has 3 rings (SSSR count). The zero-order valence-electron chi connectivity index (χ0n) is 14.3. The number of methoxy groups -OCH3 is 1. The van der Waals surface area contributed by atoms with Crippen molar-refractivity contribution in [2.45, 2.75) is 32.5 Å². The van der Waals surface area contributed by atoms with Crippen molar-refractivity contribution in [3.05, 3.63) is 35.8 Å². The molecule has 0 atom stereocenters. The fourth-order valence-corrected chi connectivity index (χ4v) is 2.78. The Morgan fingerprint density at radius 1 is 1.36 bits per heavy atom. The van der Waals surface area contributed by atoms with Crippen LogP contribution in [0.4, 0.5) is 0 Å². The SMILES string of the molecule is COC(=O)c1ncn(CN2CCC(NC(=O)c3ccc(C)o3)CC2)n1. The zero-order chi connectivity index (χ0) is 17.8. The molecule has 2 aromatic heterocycles. The average Bonchev–Trinajstić information content (AvgIpc) is 3.25. The first kappa shape index (κ1) is 17.2. The molecule has 0 aromatic carbocycles. The third-order valence-corrected chi connectivity index (χ3v) is 4.14. The number of hydrogen-bond donors (Lipinski definition) is 1. The number of aromatic nitrogens is 3. The number of amides is 1. The number of nitrogens with one attached hydrogen (secondary N) is 1. The monoisotopic (exact) mass is 347 g/mol. The molecule has 0 bridgehead atoms. The van der Waals surface area contributed by atoms with Crippen molar-refractivity contribution in [1.82, 2.24) is 25.0 Å². The summed E-state index contributed by atoms with van der Waals surface area (Å²) in [5.74, 6) is 0.397. The van der Waals surface area contributed by atoms with Gasteiger partial charge in [-0.3, -0.25) is 9.69 Å². The summed E-state index contributed by atoms with van der Waals surface area (Å²) in [6.07, 6.45) is 3.19. The number of esters is 1. The number of carbonyl (C=O) groups excluding carboxylic acids is 2. The Hall–Kier alpha value is -2.68. The van der Waals surface area contributed by atoms with E-state index in [1.165, 1.54) is 13.4 Å². The lowest BCUT2D eigenvalue weighted by molar-refractivity contribution is 0.0585. The highest BCUT2D eigenvalue weighted by atomic mass is 16.5. The number of carbonyl (C=O) groups is 2. The highest BCUT2D eigenvalue weighted by Gasteiger charge is 2.23.